The van der Waals surface area contributed by atoms with Crippen molar-refractivity contribution in [2.75, 3.05) is 0 Å². The third kappa shape index (κ3) is 2.37. The van der Waals surface area contributed by atoms with Gasteiger partial charge in [0.05, 0.1) is 11.1 Å². The van der Waals surface area contributed by atoms with Gasteiger partial charge in [0, 0.05) is 18.3 Å². The summed E-state index contributed by atoms with van der Waals surface area (Å²) in [5.74, 6) is 1.80. The molecule has 2 aromatic heterocycles. The first-order valence-corrected chi connectivity index (χ1v) is 8.69. The summed E-state index contributed by atoms with van der Waals surface area (Å²) in [6.45, 7) is 0. The number of hydrogen-bond acceptors (Lipinski definition) is 2. The van der Waals surface area contributed by atoms with E-state index in [0.29, 0.717) is 0 Å². The van der Waals surface area contributed by atoms with E-state index in [1.165, 1.54) is 0 Å². The first kappa shape index (κ1) is 14.8. The molecule has 0 unspecified atom stereocenters. The van der Waals surface area contributed by atoms with Crippen molar-refractivity contribution >= 4 is 0 Å². The van der Waals surface area contributed by atoms with Crippen LogP contribution in [0.25, 0.3) is 11.4 Å². The smallest absolute Gasteiger partial charge is 0.231 e. The monoisotopic (exact) mass is 337 g/mol. The van der Waals surface area contributed by atoms with Crippen molar-refractivity contribution < 1.29 is 9.30 Å². The van der Waals surface area contributed by atoms with Crippen LogP contribution in [-0.2, 0) is 0 Å². The Bertz CT molecular complexity index is 1030. The van der Waals surface area contributed by atoms with Gasteiger partial charge in [0.1, 0.15) is 17.2 Å². The molecule has 0 atom stereocenters. The zero-order chi connectivity index (χ0) is 17.3. The molecule has 26 heavy (non-hydrogen) atoms. The fraction of sp³-hybridized carbons (Fsp3) is 0.0435. The lowest BCUT2D eigenvalue weighted by atomic mass is 9.93. The van der Waals surface area contributed by atoms with Gasteiger partial charge in [0.25, 0.3) is 0 Å². The molecule has 0 saturated carbocycles. The summed E-state index contributed by atoms with van der Waals surface area (Å²) in [7, 11) is 0. The van der Waals surface area contributed by atoms with Crippen LogP contribution in [0.5, 0.6) is 11.5 Å². The van der Waals surface area contributed by atoms with Gasteiger partial charge in [-0.2, -0.15) is 4.57 Å². The third-order valence-corrected chi connectivity index (χ3v) is 4.74. The zero-order valence-electron chi connectivity index (χ0n) is 14.1. The molecule has 4 aromatic rings. The van der Waals surface area contributed by atoms with Gasteiger partial charge < -0.3 is 4.74 Å². The number of hydrogen-bond donors (Lipinski definition) is 0. The molecule has 0 radical (unpaired) electrons. The third-order valence-electron chi connectivity index (χ3n) is 4.74. The van der Waals surface area contributed by atoms with E-state index in [1.54, 1.807) is 0 Å². The van der Waals surface area contributed by atoms with E-state index in [0.717, 1.165) is 34.0 Å². The highest BCUT2D eigenvalue weighted by Gasteiger charge is 2.35. The normalized spacial score (nSPS) is 12.8. The summed E-state index contributed by atoms with van der Waals surface area (Å²) in [6, 6.07) is 28.8. The van der Waals surface area contributed by atoms with Crippen LogP contribution in [0.3, 0.4) is 0 Å². The molecule has 3 heterocycles. The Kier molecular flexibility index (Phi) is 3.49. The number of aromatic nitrogens is 2. The van der Waals surface area contributed by atoms with Crippen LogP contribution < -0.4 is 9.30 Å². The minimum atomic E-state index is 0.0364. The van der Waals surface area contributed by atoms with E-state index >= 15 is 0 Å². The molecule has 1 aliphatic heterocycles. The molecule has 124 valence electrons. The van der Waals surface area contributed by atoms with Gasteiger partial charge >= 0.3 is 0 Å². The van der Waals surface area contributed by atoms with Crippen LogP contribution in [0, 0.1) is 0 Å². The molecule has 1 aliphatic rings. The number of ether oxygens (including phenoxy) is 1. The molecule has 3 nitrogen and oxygen atoms in total. The summed E-state index contributed by atoms with van der Waals surface area (Å²) in [6.07, 6.45) is 3.95. The zero-order valence-corrected chi connectivity index (χ0v) is 14.1. The Morgan fingerprint density at radius 3 is 2.04 bits per heavy atom. The Balaban J connectivity index is 1.78. The number of para-hydroxylation sites is 2. The number of rotatable bonds is 2. The van der Waals surface area contributed by atoms with Crippen molar-refractivity contribution in [3.8, 4) is 22.9 Å². The molecule has 0 bridgehead atoms. The fourth-order valence-corrected chi connectivity index (χ4v) is 3.60. The summed E-state index contributed by atoms with van der Waals surface area (Å²) in [5, 5.41) is 0. The minimum Gasteiger partial charge on any atom is -0.456 e. The summed E-state index contributed by atoms with van der Waals surface area (Å²) in [4.78, 5) is 4.56. The quantitative estimate of drug-likeness (QED) is 0.433. The SMILES string of the molecule is c1ccc(-c2cccc[n+]2C2c3ccccc3Oc3ccccc32)nc1. The molecule has 5 rings (SSSR count). The van der Waals surface area contributed by atoms with Crippen molar-refractivity contribution in [2.45, 2.75) is 6.04 Å². The molecular weight excluding hydrogens is 320 g/mol. The van der Waals surface area contributed by atoms with E-state index in [-0.39, 0.29) is 6.04 Å². The van der Waals surface area contributed by atoms with Gasteiger partial charge in [0.15, 0.2) is 6.20 Å². The Hall–Kier alpha value is -3.46. The predicted molar refractivity (Wildman–Crippen MR) is 100 cm³/mol. The molecule has 0 amide bonds. The van der Waals surface area contributed by atoms with E-state index in [4.69, 9.17) is 4.74 Å². The van der Waals surface area contributed by atoms with Gasteiger partial charge in [-0.1, -0.05) is 30.3 Å². The standard InChI is InChI=1S/C23H17N2O/c1-3-13-21-17(9-1)23(18-10-2-4-14-22(18)26-21)25-16-8-6-12-20(25)19-11-5-7-15-24-19/h1-16,23H/q+1. The average Bonchev–Trinajstić information content (AvgIpc) is 2.72. The molecule has 0 saturated heterocycles. The van der Waals surface area contributed by atoms with Gasteiger partial charge in [-0.05, 0) is 42.5 Å². The maximum absolute atomic E-state index is 6.15. The van der Waals surface area contributed by atoms with E-state index in [9.17, 15) is 0 Å². The summed E-state index contributed by atoms with van der Waals surface area (Å²) in [5.41, 5.74) is 4.33. The lowest BCUT2D eigenvalue weighted by molar-refractivity contribution is -0.694. The number of pyridine rings is 2. The van der Waals surface area contributed by atoms with Gasteiger partial charge in [-0.25, -0.2) is 4.98 Å². The minimum absolute atomic E-state index is 0.0364. The van der Waals surface area contributed by atoms with Crippen LogP contribution in [0.2, 0.25) is 0 Å². The molecule has 2 aromatic carbocycles. The topological polar surface area (TPSA) is 26.0 Å². The second-order valence-electron chi connectivity index (χ2n) is 6.29. The predicted octanol–water partition coefficient (Wildman–Crippen LogP) is 4.78. The molecule has 0 spiro atoms. The number of benzene rings is 2. The molecular formula is C23H17N2O+. The van der Waals surface area contributed by atoms with Crippen molar-refractivity contribution in [3.05, 3.63) is 108 Å². The maximum atomic E-state index is 6.15. The molecule has 3 heteroatoms. The van der Waals surface area contributed by atoms with Crippen LogP contribution >= 0.6 is 0 Å². The average molecular weight is 337 g/mol. The maximum Gasteiger partial charge on any atom is 0.231 e. The summed E-state index contributed by atoms with van der Waals surface area (Å²) >= 11 is 0. The fourth-order valence-electron chi connectivity index (χ4n) is 3.60. The van der Waals surface area contributed by atoms with Crippen molar-refractivity contribution in [2.24, 2.45) is 0 Å². The van der Waals surface area contributed by atoms with Gasteiger partial charge in [0.2, 0.25) is 11.7 Å². The van der Waals surface area contributed by atoms with Crippen LogP contribution in [-0.4, -0.2) is 4.98 Å². The lowest BCUT2D eigenvalue weighted by Gasteiger charge is -2.25. The highest BCUT2D eigenvalue weighted by molar-refractivity contribution is 5.54. The van der Waals surface area contributed by atoms with Gasteiger partial charge in [-0.3, -0.25) is 0 Å². The second kappa shape index (κ2) is 6.12. The second-order valence-corrected chi connectivity index (χ2v) is 6.29. The largest absolute Gasteiger partial charge is 0.456 e. The van der Waals surface area contributed by atoms with E-state index in [2.05, 4.69) is 58.2 Å². The van der Waals surface area contributed by atoms with Crippen LogP contribution in [0.1, 0.15) is 17.2 Å². The number of nitrogens with zero attached hydrogens (tertiary/aromatic N) is 2. The molecule has 0 aliphatic carbocycles. The first-order chi connectivity index (χ1) is 12.9. The lowest BCUT2D eigenvalue weighted by Crippen LogP contribution is -2.43. The highest BCUT2D eigenvalue weighted by Crippen LogP contribution is 2.42. The summed E-state index contributed by atoms with van der Waals surface area (Å²) < 4.78 is 8.43. The molecule has 0 fully saturated rings. The van der Waals surface area contributed by atoms with E-state index in [1.807, 2.05) is 48.7 Å². The number of fused-ring (bicyclic) bond motifs is 2. The van der Waals surface area contributed by atoms with E-state index < -0.39 is 0 Å². The first-order valence-electron chi connectivity index (χ1n) is 8.69. The van der Waals surface area contributed by atoms with Crippen LogP contribution in [0.15, 0.2) is 97.3 Å². The van der Waals surface area contributed by atoms with Crippen molar-refractivity contribution in [1.29, 1.82) is 0 Å². The Morgan fingerprint density at radius 2 is 1.35 bits per heavy atom. The van der Waals surface area contributed by atoms with Crippen LogP contribution in [0.4, 0.5) is 0 Å². The Morgan fingerprint density at radius 1 is 0.692 bits per heavy atom. The Labute approximate surface area is 152 Å². The van der Waals surface area contributed by atoms with Crippen molar-refractivity contribution in [1.82, 2.24) is 4.98 Å². The highest BCUT2D eigenvalue weighted by atomic mass is 16.5. The van der Waals surface area contributed by atoms with Gasteiger partial charge in [-0.15, -0.1) is 0 Å². The van der Waals surface area contributed by atoms with Crippen molar-refractivity contribution in [3.63, 3.8) is 0 Å². The molecule has 0 N–H and O–H groups in total.